The smallest absolute Gasteiger partial charge is 0.199 e. The van der Waals surface area contributed by atoms with Crippen LogP contribution in [0, 0.1) is 13.8 Å². The highest BCUT2D eigenvalue weighted by Gasteiger charge is 2.19. The molecule has 0 saturated heterocycles. The van der Waals surface area contributed by atoms with Gasteiger partial charge in [0, 0.05) is 112 Å². The highest BCUT2D eigenvalue weighted by atomic mass is 32.3. The van der Waals surface area contributed by atoms with Gasteiger partial charge in [0.05, 0.1) is 26.4 Å². The van der Waals surface area contributed by atoms with Gasteiger partial charge >= 0.3 is 0 Å². The summed E-state index contributed by atoms with van der Waals surface area (Å²) < 4.78 is 38.3. The van der Waals surface area contributed by atoms with Gasteiger partial charge in [-0.15, -0.1) is 0 Å². The third-order valence-corrected chi connectivity index (χ3v) is 11.9. The molecule has 15 heteroatoms. The molecule has 0 heterocycles. The quantitative estimate of drug-likeness (QED) is 0.0617. The third kappa shape index (κ3) is 16.9. The Morgan fingerprint density at radius 3 is 0.958 bits per heavy atom. The van der Waals surface area contributed by atoms with Gasteiger partial charge in [0.25, 0.3) is 0 Å². The van der Waals surface area contributed by atoms with E-state index in [4.69, 9.17) is 17.5 Å². The van der Waals surface area contributed by atoms with E-state index in [0.717, 1.165) is 67.6 Å². The molecule has 0 atom stereocenters. The molecule has 0 bridgehead atoms. The van der Waals surface area contributed by atoms with Crippen molar-refractivity contribution in [1.82, 2.24) is 0 Å². The monoisotopic (exact) mass is 989 g/mol. The van der Waals surface area contributed by atoms with Crippen LogP contribution in [0.5, 0.6) is 0 Å². The number of aliphatic hydroxyl groups excluding tert-OH is 4. The van der Waals surface area contributed by atoms with Crippen LogP contribution in [0.3, 0.4) is 0 Å². The molecule has 0 saturated carbocycles. The van der Waals surface area contributed by atoms with Crippen LogP contribution in [0.25, 0.3) is 11.1 Å². The standard InChI is InChI=1S/2C28H36N3O2.H2O4S/c2*1-21-20-26(31(16-18-32)17-19-33)14-15-27(21)28(22-6-10-24(11-7-22)29(2)3)23-8-12-25(13-9-23)30(4)5;1-5(2,3)4/h2*6-15,20,32-33H,16-19H2,1-5H3;(H2,1,2,3,4)/q2*+1;/p-2. The number of aliphatic hydroxyl groups is 4. The number of nitrogens with zero attached hydrogens (tertiary/aromatic N) is 6. The molecule has 71 heavy (non-hydrogen) atoms. The summed E-state index contributed by atoms with van der Waals surface area (Å²) in [5, 5.41) is 37.7. The Kier molecular flexibility index (Phi) is 21.9. The van der Waals surface area contributed by atoms with Gasteiger partial charge in [-0.2, -0.15) is 0 Å². The molecule has 0 fully saturated rings. The van der Waals surface area contributed by atoms with Crippen LogP contribution in [0.2, 0.25) is 0 Å². The van der Waals surface area contributed by atoms with Crippen molar-refractivity contribution in [3.8, 4) is 0 Å². The van der Waals surface area contributed by atoms with E-state index in [0.29, 0.717) is 26.2 Å². The first kappa shape index (κ1) is 57.2. The van der Waals surface area contributed by atoms with Crippen LogP contribution in [0.4, 0.5) is 22.7 Å². The van der Waals surface area contributed by atoms with Gasteiger partial charge in [-0.3, -0.25) is 8.42 Å². The Labute approximate surface area is 421 Å². The van der Waals surface area contributed by atoms with Gasteiger partial charge in [-0.25, -0.2) is 9.15 Å². The van der Waals surface area contributed by atoms with Crippen LogP contribution in [-0.4, -0.2) is 168 Å². The minimum Gasteiger partial charge on any atom is -0.759 e. The summed E-state index contributed by atoms with van der Waals surface area (Å²) >= 11 is 0. The van der Waals surface area contributed by atoms with E-state index in [-0.39, 0.29) is 26.4 Å². The molecule has 2 aliphatic rings. The lowest BCUT2D eigenvalue weighted by Crippen LogP contribution is -2.29. The molecule has 2 aliphatic carbocycles. The highest BCUT2D eigenvalue weighted by Crippen LogP contribution is 2.36. The first-order valence-corrected chi connectivity index (χ1v) is 24.7. The Hall–Kier alpha value is -6.43. The number of benzene rings is 4. The van der Waals surface area contributed by atoms with E-state index in [1.54, 1.807) is 0 Å². The second-order valence-electron chi connectivity index (χ2n) is 17.8. The molecule has 0 aliphatic heterocycles. The van der Waals surface area contributed by atoms with Crippen LogP contribution in [0.15, 0.2) is 145 Å². The van der Waals surface area contributed by atoms with Crippen molar-refractivity contribution in [2.24, 2.45) is 0 Å². The third-order valence-electron chi connectivity index (χ3n) is 11.9. The average molecular weight is 989 g/mol. The number of aryl methyl sites for hydroxylation is 2. The summed E-state index contributed by atoms with van der Waals surface area (Å²) in [5.41, 5.74) is 18.3. The fraction of sp³-hybridized carbons (Fsp3) is 0.321. The first-order valence-electron chi connectivity index (χ1n) is 23.4. The molecule has 0 spiro atoms. The summed E-state index contributed by atoms with van der Waals surface area (Å²) in [7, 11) is 11.2. The van der Waals surface area contributed by atoms with Crippen molar-refractivity contribution in [3.63, 3.8) is 0 Å². The van der Waals surface area contributed by atoms with Gasteiger partial charge < -0.3 is 49.1 Å². The molecule has 0 unspecified atom stereocenters. The predicted molar refractivity (Wildman–Crippen MR) is 290 cm³/mol. The van der Waals surface area contributed by atoms with Crippen molar-refractivity contribution < 1.29 is 47.1 Å². The normalized spacial score (nSPS) is 12.7. The number of hydrogen-bond acceptors (Lipinski definition) is 12. The van der Waals surface area contributed by atoms with E-state index in [9.17, 15) is 20.4 Å². The Bertz CT molecular complexity index is 2560. The van der Waals surface area contributed by atoms with Gasteiger partial charge in [-0.1, -0.05) is 36.4 Å². The largest absolute Gasteiger partial charge is 0.759 e. The van der Waals surface area contributed by atoms with Crippen molar-refractivity contribution in [2.45, 2.75) is 13.8 Å². The Balaban J connectivity index is 0.000000282. The molecule has 14 nitrogen and oxygen atoms in total. The van der Waals surface area contributed by atoms with Crippen molar-refractivity contribution in [1.29, 1.82) is 0 Å². The maximum Gasteiger partial charge on any atom is 0.199 e. The lowest BCUT2D eigenvalue weighted by atomic mass is 9.88. The van der Waals surface area contributed by atoms with E-state index in [1.807, 2.05) is 66.2 Å². The van der Waals surface area contributed by atoms with Crippen molar-refractivity contribution in [2.75, 3.05) is 129 Å². The molecule has 380 valence electrons. The van der Waals surface area contributed by atoms with Gasteiger partial charge in [0.2, 0.25) is 0 Å². The SMILES string of the molecule is Cc1cc(N(CCO)CCO)ccc1C(=C1C=CC(=[N+](C)C)C=C1)c1ccc(N(C)C)cc1.Cc1cc(N(CCO)CCO)ccc1C(=C1C=CC(=[N+](C)C)C=C1)c1ccc(N(C)C)cc1.O=S(=O)([O-])[O-]. The molecule has 4 aromatic rings. The fourth-order valence-corrected chi connectivity index (χ4v) is 8.13. The van der Waals surface area contributed by atoms with E-state index >= 15 is 0 Å². The number of rotatable bonds is 16. The molecule has 0 aromatic heterocycles. The molecule has 0 amide bonds. The maximum absolute atomic E-state index is 9.42. The minimum absolute atomic E-state index is 0.0502. The van der Waals surface area contributed by atoms with Crippen LogP contribution < -0.4 is 19.6 Å². The van der Waals surface area contributed by atoms with Crippen molar-refractivity contribution in [3.05, 3.63) is 178 Å². The maximum atomic E-state index is 9.42. The molecule has 4 N–H and O–H groups in total. The lowest BCUT2D eigenvalue weighted by Gasteiger charge is -2.25. The fourth-order valence-electron chi connectivity index (χ4n) is 8.13. The van der Waals surface area contributed by atoms with Crippen molar-refractivity contribution >= 4 is 55.7 Å². The zero-order valence-electron chi connectivity index (χ0n) is 42.9. The molecular weight excluding hydrogens is 917 g/mol. The summed E-state index contributed by atoms with van der Waals surface area (Å²) in [6, 6.07) is 30.1. The number of hydrogen-bond donors (Lipinski definition) is 4. The van der Waals surface area contributed by atoms with E-state index in [1.165, 1.54) is 22.3 Å². The highest BCUT2D eigenvalue weighted by molar-refractivity contribution is 7.79. The Morgan fingerprint density at radius 2 is 0.732 bits per heavy atom. The minimum atomic E-state index is -5.17. The average Bonchev–Trinajstić information content (AvgIpc) is 3.33. The molecule has 4 aromatic carbocycles. The molecule has 6 rings (SSSR count). The molecule has 0 radical (unpaired) electrons. The number of anilines is 4. The summed E-state index contributed by atoms with van der Waals surface area (Å²) in [5.74, 6) is 0. The number of allylic oxidation sites excluding steroid dienone is 10. The summed E-state index contributed by atoms with van der Waals surface area (Å²) in [6.45, 7) is 6.42. The zero-order chi connectivity index (χ0) is 52.4. The van der Waals surface area contributed by atoms with Gasteiger partial charge in [0.1, 0.15) is 28.2 Å². The Morgan fingerprint density at radius 1 is 0.465 bits per heavy atom. The summed E-state index contributed by atoms with van der Waals surface area (Å²) in [6.07, 6.45) is 17.3. The summed E-state index contributed by atoms with van der Waals surface area (Å²) in [4.78, 5) is 8.22. The van der Waals surface area contributed by atoms with Crippen LogP contribution in [-0.2, 0) is 10.4 Å². The van der Waals surface area contributed by atoms with Gasteiger partial charge in [0.15, 0.2) is 11.4 Å². The second kappa shape index (κ2) is 27.2. The topological polar surface area (TPSA) is 180 Å². The van der Waals surface area contributed by atoms with Gasteiger partial charge in [-0.05, 0) is 142 Å². The second-order valence-corrected chi connectivity index (χ2v) is 18.6. The van der Waals surface area contributed by atoms with Crippen LogP contribution in [0.1, 0.15) is 33.4 Å². The zero-order valence-corrected chi connectivity index (χ0v) is 43.7. The van der Waals surface area contributed by atoms with Crippen LogP contribution >= 0.6 is 0 Å². The molecular formula is C56H72N6O8S. The predicted octanol–water partition coefficient (Wildman–Crippen LogP) is 5.65. The lowest BCUT2D eigenvalue weighted by molar-refractivity contribution is -0.462. The van der Waals surface area contributed by atoms with E-state index in [2.05, 4.69) is 166 Å². The first-order chi connectivity index (χ1) is 33.7. The van der Waals surface area contributed by atoms with E-state index < -0.39 is 10.4 Å².